The Morgan fingerprint density at radius 3 is 2.16 bits per heavy atom. The number of aromatic nitrogens is 3. The Hall–Kier alpha value is -2.38. The highest BCUT2D eigenvalue weighted by Gasteiger charge is 2.17. The molecule has 0 saturated heterocycles. The van der Waals surface area contributed by atoms with Crippen molar-refractivity contribution in [2.24, 2.45) is 0 Å². The van der Waals surface area contributed by atoms with Gasteiger partial charge in [-0.1, -0.05) is 52.6 Å². The van der Waals surface area contributed by atoms with E-state index in [2.05, 4.69) is 10.2 Å². The van der Waals surface area contributed by atoms with Crippen molar-refractivity contribution in [3.05, 3.63) is 93.2 Å². The molecule has 1 aromatic heterocycles. The van der Waals surface area contributed by atoms with Gasteiger partial charge in [-0.05, 0) is 66.2 Å². The van der Waals surface area contributed by atoms with E-state index in [1.165, 1.54) is 11.8 Å². The van der Waals surface area contributed by atoms with Gasteiger partial charge in [-0.3, -0.25) is 4.57 Å². The molecular weight excluding hydrogens is 489 g/mol. The zero-order valence-electron chi connectivity index (χ0n) is 17.0. The molecule has 4 aromatic rings. The first-order valence-corrected chi connectivity index (χ1v) is 11.7. The van der Waals surface area contributed by atoms with Gasteiger partial charge in [0.25, 0.3) is 0 Å². The fourth-order valence-corrected chi connectivity index (χ4v) is 4.80. The van der Waals surface area contributed by atoms with Crippen LogP contribution in [-0.4, -0.2) is 21.9 Å². The van der Waals surface area contributed by atoms with E-state index in [9.17, 15) is 0 Å². The number of thioether (sulfide) groups is 1. The van der Waals surface area contributed by atoms with Crippen LogP contribution < -0.4 is 9.47 Å². The first kappa shape index (κ1) is 22.8. The van der Waals surface area contributed by atoms with Gasteiger partial charge in [-0.25, -0.2) is 0 Å². The minimum atomic E-state index is 0.230. The molecule has 4 rings (SSSR count). The van der Waals surface area contributed by atoms with Crippen LogP contribution in [-0.2, 0) is 12.4 Å². The van der Waals surface area contributed by atoms with Crippen LogP contribution in [0.5, 0.6) is 11.5 Å². The number of hydrogen-bond donors (Lipinski definition) is 0. The third kappa shape index (κ3) is 5.33. The van der Waals surface area contributed by atoms with Gasteiger partial charge in [-0.2, -0.15) is 0 Å². The number of hydrogen-bond acceptors (Lipinski definition) is 5. The number of benzene rings is 3. The van der Waals surface area contributed by atoms with Crippen LogP contribution in [0.3, 0.4) is 0 Å². The van der Waals surface area contributed by atoms with Crippen molar-refractivity contribution in [2.75, 3.05) is 7.11 Å². The summed E-state index contributed by atoms with van der Waals surface area (Å²) in [5.74, 6) is 2.65. The monoisotopic (exact) mass is 505 g/mol. The van der Waals surface area contributed by atoms with Crippen LogP contribution >= 0.6 is 46.6 Å². The Morgan fingerprint density at radius 2 is 1.50 bits per heavy atom. The lowest BCUT2D eigenvalue weighted by molar-refractivity contribution is 0.293. The zero-order chi connectivity index (χ0) is 22.5. The van der Waals surface area contributed by atoms with Gasteiger partial charge in [0.2, 0.25) is 0 Å². The molecule has 0 N–H and O–H groups in total. The Labute approximate surface area is 205 Å². The van der Waals surface area contributed by atoms with Crippen LogP contribution in [0.25, 0.3) is 5.69 Å². The molecule has 0 atom stereocenters. The molecule has 0 aliphatic heterocycles. The van der Waals surface area contributed by atoms with Gasteiger partial charge in [0.15, 0.2) is 11.0 Å². The lowest BCUT2D eigenvalue weighted by Crippen LogP contribution is -2.06. The van der Waals surface area contributed by atoms with Crippen LogP contribution in [0, 0.1) is 0 Å². The van der Waals surface area contributed by atoms with E-state index >= 15 is 0 Å². The van der Waals surface area contributed by atoms with E-state index in [4.69, 9.17) is 44.3 Å². The summed E-state index contributed by atoms with van der Waals surface area (Å²) >= 11 is 20.1. The van der Waals surface area contributed by atoms with Gasteiger partial charge in [-0.15, -0.1) is 10.2 Å². The zero-order valence-corrected chi connectivity index (χ0v) is 20.0. The summed E-state index contributed by atoms with van der Waals surface area (Å²) in [6, 6.07) is 20.3. The Morgan fingerprint density at radius 1 is 0.844 bits per heavy atom. The molecule has 32 heavy (non-hydrogen) atoms. The molecule has 9 heteroatoms. The average molecular weight is 507 g/mol. The molecule has 0 fully saturated rings. The highest BCUT2D eigenvalue weighted by atomic mass is 35.5. The van der Waals surface area contributed by atoms with Gasteiger partial charge in [0, 0.05) is 26.5 Å². The van der Waals surface area contributed by atoms with Crippen LogP contribution in [0.2, 0.25) is 15.1 Å². The predicted octanol–water partition coefficient (Wildman–Crippen LogP) is 7.11. The second kappa shape index (κ2) is 10.5. The Kier molecular flexibility index (Phi) is 7.48. The van der Waals surface area contributed by atoms with Crippen LogP contribution in [0.4, 0.5) is 0 Å². The van der Waals surface area contributed by atoms with Crippen molar-refractivity contribution < 1.29 is 9.47 Å². The van der Waals surface area contributed by atoms with E-state index in [1.807, 2.05) is 59.2 Å². The first-order valence-electron chi connectivity index (χ1n) is 9.58. The maximum absolute atomic E-state index is 6.34. The number of ether oxygens (including phenoxy) is 2. The van der Waals surface area contributed by atoms with E-state index in [0.29, 0.717) is 37.6 Å². The number of nitrogens with zero attached hydrogens (tertiary/aromatic N) is 3. The molecule has 0 aliphatic carbocycles. The molecular formula is C23H18Cl3N3O2S. The lowest BCUT2D eigenvalue weighted by Gasteiger charge is -2.12. The highest BCUT2D eigenvalue weighted by molar-refractivity contribution is 7.98. The summed E-state index contributed by atoms with van der Waals surface area (Å²) in [5.41, 5.74) is 1.74. The molecule has 0 radical (unpaired) electrons. The molecule has 164 valence electrons. The van der Waals surface area contributed by atoms with Gasteiger partial charge in [0.1, 0.15) is 18.1 Å². The topological polar surface area (TPSA) is 49.2 Å². The van der Waals surface area contributed by atoms with Gasteiger partial charge in [0.05, 0.1) is 7.11 Å². The smallest absolute Gasteiger partial charge is 0.196 e. The number of methoxy groups -OCH3 is 1. The molecule has 5 nitrogen and oxygen atoms in total. The van der Waals surface area contributed by atoms with Gasteiger partial charge < -0.3 is 9.47 Å². The molecule has 0 saturated carbocycles. The van der Waals surface area contributed by atoms with Crippen molar-refractivity contribution in [1.82, 2.24) is 14.8 Å². The minimum Gasteiger partial charge on any atom is -0.497 e. The maximum Gasteiger partial charge on any atom is 0.196 e. The molecule has 0 spiro atoms. The van der Waals surface area contributed by atoms with E-state index in [-0.39, 0.29) is 6.61 Å². The standard InChI is InChI=1S/C23H18Cl3N3O2S/c1-30-17-11-7-16(8-12-17)29-22(13-31-18-9-5-15(24)6-10-18)27-28-23(29)32-14-19-20(25)3-2-4-21(19)26/h2-12H,13-14H2,1H3. The fraction of sp³-hybridized carbons (Fsp3) is 0.130. The normalized spacial score (nSPS) is 10.9. The van der Waals surface area contributed by atoms with Crippen molar-refractivity contribution in [2.45, 2.75) is 17.5 Å². The predicted molar refractivity (Wildman–Crippen MR) is 130 cm³/mol. The largest absolute Gasteiger partial charge is 0.497 e. The second-order valence-electron chi connectivity index (χ2n) is 6.66. The molecule has 0 aliphatic rings. The number of rotatable bonds is 8. The highest BCUT2D eigenvalue weighted by Crippen LogP contribution is 2.32. The average Bonchev–Trinajstić information content (AvgIpc) is 3.21. The molecule has 3 aromatic carbocycles. The van der Waals surface area contributed by atoms with Crippen molar-refractivity contribution >= 4 is 46.6 Å². The second-order valence-corrected chi connectivity index (χ2v) is 8.86. The summed E-state index contributed by atoms with van der Waals surface area (Å²) in [4.78, 5) is 0. The van der Waals surface area contributed by atoms with Crippen LogP contribution in [0.1, 0.15) is 11.4 Å². The van der Waals surface area contributed by atoms with Crippen molar-refractivity contribution in [1.29, 1.82) is 0 Å². The maximum atomic E-state index is 6.34. The van der Waals surface area contributed by atoms with Crippen LogP contribution in [0.15, 0.2) is 71.9 Å². The third-order valence-electron chi connectivity index (χ3n) is 4.62. The molecule has 0 amide bonds. The Balaban J connectivity index is 1.62. The third-order valence-corrected chi connectivity index (χ3v) is 6.54. The lowest BCUT2D eigenvalue weighted by atomic mass is 10.2. The van der Waals surface area contributed by atoms with E-state index < -0.39 is 0 Å². The SMILES string of the molecule is COc1ccc(-n2c(COc3ccc(Cl)cc3)nnc2SCc2c(Cl)cccc2Cl)cc1. The molecule has 0 bridgehead atoms. The summed E-state index contributed by atoms with van der Waals surface area (Å²) in [6.45, 7) is 0.230. The van der Waals surface area contributed by atoms with E-state index in [0.717, 1.165) is 17.0 Å². The summed E-state index contributed by atoms with van der Waals surface area (Å²) in [6.07, 6.45) is 0. The quantitative estimate of drug-likeness (QED) is 0.238. The van der Waals surface area contributed by atoms with E-state index in [1.54, 1.807) is 19.2 Å². The summed E-state index contributed by atoms with van der Waals surface area (Å²) < 4.78 is 13.1. The number of halogens is 3. The Bertz CT molecular complexity index is 1180. The minimum absolute atomic E-state index is 0.230. The fourth-order valence-electron chi connectivity index (χ4n) is 2.96. The van der Waals surface area contributed by atoms with Crippen molar-refractivity contribution in [3.63, 3.8) is 0 Å². The summed E-state index contributed by atoms with van der Waals surface area (Å²) in [7, 11) is 1.63. The van der Waals surface area contributed by atoms with Crippen molar-refractivity contribution in [3.8, 4) is 17.2 Å². The molecule has 1 heterocycles. The summed E-state index contributed by atoms with van der Waals surface area (Å²) in [5, 5.41) is 11.3. The first-order chi connectivity index (χ1) is 15.5. The van der Waals surface area contributed by atoms with Gasteiger partial charge >= 0.3 is 0 Å². The molecule has 0 unspecified atom stereocenters.